The zero-order valence-corrected chi connectivity index (χ0v) is 18.7. The third-order valence-corrected chi connectivity index (χ3v) is 5.79. The van der Waals surface area contributed by atoms with Gasteiger partial charge in [-0.2, -0.15) is 0 Å². The molecule has 1 fully saturated rings. The number of aromatic nitrogens is 1. The van der Waals surface area contributed by atoms with Crippen LogP contribution in [0.1, 0.15) is 30.0 Å². The first-order valence-corrected chi connectivity index (χ1v) is 11.1. The van der Waals surface area contributed by atoms with E-state index in [0.29, 0.717) is 24.4 Å². The Morgan fingerprint density at radius 2 is 1.88 bits per heavy atom. The molecule has 0 unspecified atom stereocenters. The largest absolute Gasteiger partial charge is 0.483 e. The highest BCUT2D eigenvalue weighted by Crippen LogP contribution is 2.30. The molecule has 7 heteroatoms. The van der Waals surface area contributed by atoms with Gasteiger partial charge in [-0.15, -0.1) is 0 Å². The number of benzene rings is 1. The molecule has 2 aromatic heterocycles. The second-order valence-electron chi connectivity index (χ2n) is 8.28. The molecular weight excluding hydrogens is 406 g/mol. The summed E-state index contributed by atoms with van der Waals surface area (Å²) in [5.41, 5.74) is 3.18. The van der Waals surface area contributed by atoms with Crippen molar-refractivity contribution < 1.29 is 13.9 Å². The van der Waals surface area contributed by atoms with E-state index in [1.54, 1.807) is 12.4 Å². The van der Waals surface area contributed by atoms with E-state index in [1.165, 1.54) is 11.6 Å². The Kier molecular flexibility index (Phi) is 6.85. The van der Waals surface area contributed by atoms with Crippen LogP contribution in [0.25, 0.3) is 11.0 Å². The van der Waals surface area contributed by atoms with Crippen LogP contribution in [0.3, 0.4) is 0 Å². The number of carbonyl (C=O) groups excluding carboxylic acids is 1. The van der Waals surface area contributed by atoms with Crippen LogP contribution < -0.4 is 10.4 Å². The molecule has 4 rings (SSSR count). The van der Waals surface area contributed by atoms with E-state index in [-0.39, 0.29) is 18.1 Å². The van der Waals surface area contributed by atoms with Gasteiger partial charge in [0.15, 0.2) is 6.61 Å². The second-order valence-corrected chi connectivity index (χ2v) is 8.28. The molecule has 0 spiro atoms. The molecule has 1 aliphatic heterocycles. The number of carbonyl (C=O) groups is 1. The molecule has 0 atom stereocenters. The zero-order valence-electron chi connectivity index (χ0n) is 18.7. The SMILES string of the molecule is CCCc1cc(=O)oc2cc(C)cc(OCC(=O)N3CCN(Cc4ccncc4)CC3)c12. The van der Waals surface area contributed by atoms with Crippen molar-refractivity contribution >= 4 is 16.9 Å². The topological polar surface area (TPSA) is 75.9 Å². The Bertz CT molecular complexity index is 1140. The molecule has 1 amide bonds. The molecule has 0 bridgehead atoms. The molecule has 7 nitrogen and oxygen atoms in total. The third kappa shape index (κ3) is 5.16. The Hall–Kier alpha value is -3.19. The maximum Gasteiger partial charge on any atom is 0.336 e. The minimum atomic E-state index is -0.363. The Balaban J connectivity index is 1.40. The van der Waals surface area contributed by atoms with E-state index >= 15 is 0 Å². The molecule has 3 aromatic rings. The van der Waals surface area contributed by atoms with Crippen molar-refractivity contribution in [2.45, 2.75) is 33.2 Å². The van der Waals surface area contributed by atoms with Crippen molar-refractivity contribution in [3.8, 4) is 5.75 Å². The molecule has 1 saturated heterocycles. The van der Waals surface area contributed by atoms with Crippen LogP contribution in [0, 0.1) is 6.92 Å². The van der Waals surface area contributed by atoms with Gasteiger partial charge in [0.2, 0.25) is 0 Å². The molecule has 0 N–H and O–H groups in total. The molecule has 3 heterocycles. The fraction of sp³-hybridized carbons (Fsp3) is 0.400. The predicted octanol–water partition coefficient (Wildman–Crippen LogP) is 3.17. The van der Waals surface area contributed by atoms with Gasteiger partial charge in [0.1, 0.15) is 11.3 Å². The van der Waals surface area contributed by atoms with Crippen LogP contribution in [0.2, 0.25) is 0 Å². The number of hydrogen-bond donors (Lipinski definition) is 0. The highest BCUT2D eigenvalue weighted by Gasteiger charge is 2.22. The quantitative estimate of drug-likeness (QED) is 0.531. The van der Waals surface area contributed by atoms with Crippen molar-refractivity contribution in [1.82, 2.24) is 14.8 Å². The smallest absolute Gasteiger partial charge is 0.336 e. The molecule has 0 radical (unpaired) electrons. The number of aryl methyl sites for hydroxylation is 2. The van der Waals surface area contributed by atoms with Crippen molar-refractivity contribution in [1.29, 1.82) is 0 Å². The van der Waals surface area contributed by atoms with Crippen LogP contribution in [-0.2, 0) is 17.8 Å². The summed E-state index contributed by atoms with van der Waals surface area (Å²) < 4.78 is 11.4. The molecule has 0 saturated carbocycles. The van der Waals surface area contributed by atoms with Crippen LogP contribution in [0.5, 0.6) is 5.75 Å². The number of nitrogens with zero attached hydrogens (tertiary/aromatic N) is 3. The second kappa shape index (κ2) is 9.96. The first kappa shape index (κ1) is 22.0. The minimum absolute atomic E-state index is 0.0300. The van der Waals surface area contributed by atoms with Crippen molar-refractivity contribution in [2.24, 2.45) is 0 Å². The van der Waals surface area contributed by atoms with E-state index in [9.17, 15) is 9.59 Å². The number of hydrogen-bond acceptors (Lipinski definition) is 6. The van der Waals surface area contributed by atoms with Crippen LogP contribution in [0.4, 0.5) is 0 Å². The Morgan fingerprint density at radius 3 is 2.59 bits per heavy atom. The summed E-state index contributed by atoms with van der Waals surface area (Å²) in [6.07, 6.45) is 5.25. The standard InChI is InChI=1S/C25H29N3O4/c1-3-4-20-15-24(30)32-22-14-18(2)13-21(25(20)22)31-17-23(29)28-11-9-27(10-12-28)16-19-5-7-26-8-6-19/h5-8,13-15H,3-4,9-12,16-17H2,1-2H3. The van der Waals surface area contributed by atoms with Crippen molar-refractivity contribution in [3.05, 3.63) is 69.8 Å². The third-order valence-electron chi connectivity index (χ3n) is 5.79. The van der Waals surface area contributed by atoms with Crippen LogP contribution >= 0.6 is 0 Å². The highest BCUT2D eigenvalue weighted by molar-refractivity contribution is 5.88. The first-order chi connectivity index (χ1) is 15.5. The van der Waals surface area contributed by atoms with E-state index in [4.69, 9.17) is 9.15 Å². The van der Waals surface area contributed by atoms with Gasteiger partial charge in [-0.05, 0) is 54.3 Å². The number of pyridine rings is 1. The van der Waals surface area contributed by atoms with Crippen molar-refractivity contribution in [3.63, 3.8) is 0 Å². The van der Waals surface area contributed by atoms with Crippen molar-refractivity contribution in [2.75, 3.05) is 32.8 Å². The Morgan fingerprint density at radius 1 is 1.12 bits per heavy atom. The van der Waals surface area contributed by atoms with Gasteiger partial charge < -0.3 is 14.1 Å². The lowest BCUT2D eigenvalue weighted by molar-refractivity contribution is -0.135. The summed E-state index contributed by atoms with van der Waals surface area (Å²) in [7, 11) is 0. The molecule has 0 aliphatic carbocycles. The Labute approximate surface area is 187 Å². The summed E-state index contributed by atoms with van der Waals surface area (Å²) in [6, 6.07) is 9.31. The summed E-state index contributed by atoms with van der Waals surface area (Å²) >= 11 is 0. The predicted molar refractivity (Wildman–Crippen MR) is 123 cm³/mol. The summed E-state index contributed by atoms with van der Waals surface area (Å²) in [5, 5.41) is 0.784. The lowest BCUT2D eigenvalue weighted by atomic mass is 10.0. The van der Waals surface area contributed by atoms with E-state index < -0.39 is 0 Å². The number of rotatable bonds is 7. The van der Waals surface area contributed by atoms with Crippen LogP contribution in [0.15, 0.2) is 51.9 Å². The summed E-state index contributed by atoms with van der Waals surface area (Å²) in [5.74, 6) is 0.564. The number of fused-ring (bicyclic) bond motifs is 1. The van der Waals surface area contributed by atoms with Gasteiger partial charge in [0, 0.05) is 51.2 Å². The first-order valence-electron chi connectivity index (χ1n) is 11.1. The monoisotopic (exact) mass is 435 g/mol. The summed E-state index contributed by atoms with van der Waals surface area (Å²) in [4.78, 5) is 33.0. The van der Waals surface area contributed by atoms with E-state index in [0.717, 1.165) is 49.0 Å². The minimum Gasteiger partial charge on any atom is -0.483 e. The lowest BCUT2D eigenvalue weighted by Gasteiger charge is -2.34. The zero-order chi connectivity index (χ0) is 22.5. The molecular formula is C25H29N3O4. The van der Waals surface area contributed by atoms with E-state index in [1.807, 2.05) is 36.1 Å². The van der Waals surface area contributed by atoms with Gasteiger partial charge in [0.25, 0.3) is 5.91 Å². The fourth-order valence-corrected chi connectivity index (χ4v) is 4.18. The molecule has 32 heavy (non-hydrogen) atoms. The maximum absolute atomic E-state index is 12.8. The number of piperazine rings is 1. The number of ether oxygens (including phenoxy) is 1. The van der Waals surface area contributed by atoms with Gasteiger partial charge >= 0.3 is 5.63 Å². The summed E-state index contributed by atoms with van der Waals surface area (Å²) in [6.45, 7) is 7.82. The molecule has 168 valence electrons. The lowest BCUT2D eigenvalue weighted by Crippen LogP contribution is -2.49. The van der Waals surface area contributed by atoms with E-state index in [2.05, 4.69) is 16.8 Å². The van der Waals surface area contributed by atoms with Gasteiger partial charge in [-0.25, -0.2) is 4.79 Å². The normalized spacial score (nSPS) is 14.6. The number of amides is 1. The molecule has 1 aliphatic rings. The van der Waals surface area contributed by atoms with Gasteiger partial charge in [-0.3, -0.25) is 14.7 Å². The fourth-order valence-electron chi connectivity index (χ4n) is 4.18. The highest BCUT2D eigenvalue weighted by atomic mass is 16.5. The van der Waals surface area contributed by atoms with Gasteiger partial charge in [-0.1, -0.05) is 13.3 Å². The molecule has 1 aromatic carbocycles. The maximum atomic E-state index is 12.8. The average Bonchev–Trinajstić information content (AvgIpc) is 2.78. The van der Waals surface area contributed by atoms with Gasteiger partial charge in [0.05, 0.1) is 5.39 Å². The van der Waals surface area contributed by atoms with Crippen LogP contribution in [-0.4, -0.2) is 53.5 Å². The average molecular weight is 436 g/mol.